The molecular weight excluding hydrogens is 191 g/mol. The van der Waals surface area contributed by atoms with E-state index < -0.39 is 23.8 Å². The topological polar surface area (TPSA) is 72.5 Å². The van der Waals surface area contributed by atoms with Gasteiger partial charge in [0.1, 0.15) is 6.04 Å². The van der Waals surface area contributed by atoms with Gasteiger partial charge in [-0.25, -0.2) is 0 Å². The van der Waals surface area contributed by atoms with Crippen LogP contribution >= 0.6 is 0 Å². The number of nitrogens with two attached hydrogens (primary N) is 1. The van der Waals surface area contributed by atoms with Gasteiger partial charge in [0.2, 0.25) is 0 Å². The van der Waals surface area contributed by atoms with E-state index in [2.05, 4.69) is 4.74 Å². The SMILES string of the molecule is COC(=O)C(N)C(C)(O)C(F)(F)F. The van der Waals surface area contributed by atoms with Gasteiger partial charge in [0.25, 0.3) is 0 Å². The van der Waals surface area contributed by atoms with Crippen molar-refractivity contribution in [3.8, 4) is 0 Å². The van der Waals surface area contributed by atoms with Gasteiger partial charge in [0.15, 0.2) is 5.60 Å². The smallest absolute Gasteiger partial charge is 0.419 e. The van der Waals surface area contributed by atoms with Gasteiger partial charge >= 0.3 is 12.1 Å². The second-order valence-electron chi connectivity index (χ2n) is 2.65. The summed E-state index contributed by atoms with van der Waals surface area (Å²) < 4.78 is 40.1. The molecule has 0 aliphatic heterocycles. The molecule has 0 aromatic heterocycles. The van der Waals surface area contributed by atoms with Crippen molar-refractivity contribution >= 4 is 5.97 Å². The van der Waals surface area contributed by atoms with E-state index >= 15 is 0 Å². The Labute approximate surface area is 72.5 Å². The van der Waals surface area contributed by atoms with Crippen LogP contribution in [0.4, 0.5) is 13.2 Å². The lowest BCUT2D eigenvalue weighted by atomic mass is 9.97. The summed E-state index contributed by atoms with van der Waals surface area (Å²) in [5, 5.41) is 8.87. The monoisotopic (exact) mass is 201 g/mol. The van der Waals surface area contributed by atoms with Gasteiger partial charge < -0.3 is 15.6 Å². The van der Waals surface area contributed by atoms with Gasteiger partial charge in [-0.3, -0.25) is 4.79 Å². The number of methoxy groups -OCH3 is 1. The molecule has 0 bridgehead atoms. The third-order valence-electron chi connectivity index (χ3n) is 1.63. The molecule has 0 radical (unpaired) electrons. The molecule has 3 N–H and O–H groups in total. The van der Waals surface area contributed by atoms with Crippen LogP contribution in [0.1, 0.15) is 6.92 Å². The Morgan fingerprint density at radius 3 is 2.15 bits per heavy atom. The van der Waals surface area contributed by atoms with Gasteiger partial charge in [-0.1, -0.05) is 0 Å². The fourth-order valence-corrected chi connectivity index (χ4v) is 0.533. The Morgan fingerprint density at radius 1 is 1.54 bits per heavy atom. The minimum atomic E-state index is -4.97. The summed E-state index contributed by atoms with van der Waals surface area (Å²) in [5.41, 5.74) is 1.57. The maximum Gasteiger partial charge on any atom is 0.419 e. The lowest BCUT2D eigenvalue weighted by Gasteiger charge is -2.29. The molecule has 0 spiro atoms. The maximum absolute atomic E-state index is 12.0. The fourth-order valence-electron chi connectivity index (χ4n) is 0.533. The molecule has 0 saturated heterocycles. The van der Waals surface area contributed by atoms with E-state index in [9.17, 15) is 18.0 Å². The van der Waals surface area contributed by atoms with Crippen LogP contribution in [0.3, 0.4) is 0 Å². The van der Waals surface area contributed by atoms with Gasteiger partial charge in [-0.05, 0) is 6.92 Å². The van der Waals surface area contributed by atoms with E-state index in [1.807, 2.05) is 0 Å². The number of carbonyl (C=O) groups excluding carboxylic acids is 1. The van der Waals surface area contributed by atoms with Gasteiger partial charge in [0, 0.05) is 0 Å². The number of ether oxygens (including phenoxy) is 1. The summed E-state index contributed by atoms with van der Waals surface area (Å²) in [5.74, 6) is -1.32. The normalized spacial score (nSPS) is 19.0. The number of esters is 1. The molecule has 7 heteroatoms. The molecule has 0 heterocycles. The van der Waals surface area contributed by atoms with Crippen molar-refractivity contribution in [1.29, 1.82) is 0 Å². The van der Waals surface area contributed by atoms with Crippen LogP contribution in [-0.2, 0) is 9.53 Å². The molecule has 2 unspecified atom stereocenters. The Kier molecular flexibility index (Phi) is 3.28. The Hall–Kier alpha value is -0.820. The highest BCUT2D eigenvalue weighted by atomic mass is 19.4. The van der Waals surface area contributed by atoms with Crippen LogP contribution in [0.2, 0.25) is 0 Å². The lowest BCUT2D eigenvalue weighted by Crippen LogP contribution is -2.59. The van der Waals surface area contributed by atoms with Crippen molar-refractivity contribution in [2.24, 2.45) is 5.73 Å². The van der Waals surface area contributed by atoms with E-state index in [-0.39, 0.29) is 0 Å². The Balaban J connectivity index is 4.74. The number of halogens is 3. The van der Waals surface area contributed by atoms with Crippen LogP contribution in [0.5, 0.6) is 0 Å². The van der Waals surface area contributed by atoms with E-state index in [4.69, 9.17) is 10.8 Å². The highest BCUT2D eigenvalue weighted by Gasteiger charge is 2.56. The average Bonchev–Trinajstić information content (AvgIpc) is 1.99. The molecule has 0 aromatic rings. The van der Waals surface area contributed by atoms with Gasteiger partial charge in [-0.2, -0.15) is 13.2 Å². The van der Waals surface area contributed by atoms with Crippen LogP contribution in [-0.4, -0.2) is 36.0 Å². The van der Waals surface area contributed by atoms with Crippen molar-refractivity contribution < 1.29 is 27.8 Å². The zero-order valence-electron chi connectivity index (χ0n) is 7.05. The minimum absolute atomic E-state index is 0.411. The first-order valence-electron chi connectivity index (χ1n) is 3.27. The lowest BCUT2D eigenvalue weighted by molar-refractivity contribution is -0.260. The number of alkyl halides is 3. The van der Waals surface area contributed by atoms with Gasteiger partial charge in [-0.15, -0.1) is 0 Å². The van der Waals surface area contributed by atoms with Crippen LogP contribution in [0.25, 0.3) is 0 Å². The summed E-state index contributed by atoms with van der Waals surface area (Å²) >= 11 is 0. The fraction of sp³-hybridized carbons (Fsp3) is 0.833. The highest BCUT2D eigenvalue weighted by molar-refractivity contribution is 5.77. The summed E-state index contributed by atoms with van der Waals surface area (Å²) in [6.07, 6.45) is -4.97. The molecule has 0 saturated carbocycles. The molecule has 0 aromatic carbocycles. The highest BCUT2D eigenvalue weighted by Crippen LogP contribution is 2.32. The average molecular weight is 201 g/mol. The van der Waals surface area contributed by atoms with E-state index in [0.717, 1.165) is 7.11 Å². The maximum atomic E-state index is 12.0. The van der Waals surface area contributed by atoms with Crippen molar-refractivity contribution in [2.75, 3.05) is 7.11 Å². The first-order valence-corrected chi connectivity index (χ1v) is 3.27. The number of hydrogen-bond acceptors (Lipinski definition) is 4. The summed E-state index contributed by atoms with van der Waals surface area (Å²) in [7, 11) is 0.884. The van der Waals surface area contributed by atoms with Crippen molar-refractivity contribution in [1.82, 2.24) is 0 Å². The largest absolute Gasteiger partial charge is 0.468 e. The summed E-state index contributed by atoms with van der Waals surface area (Å²) in [4.78, 5) is 10.6. The van der Waals surface area contributed by atoms with Crippen molar-refractivity contribution in [2.45, 2.75) is 24.7 Å². The number of rotatable bonds is 2. The first kappa shape index (κ1) is 12.2. The predicted octanol–water partition coefficient (Wildman–Crippen LogP) is -0.200. The molecule has 0 amide bonds. The molecule has 13 heavy (non-hydrogen) atoms. The summed E-state index contributed by atoms with van der Waals surface area (Å²) in [6.45, 7) is 0.411. The second-order valence-corrected chi connectivity index (χ2v) is 2.65. The number of hydrogen-bond donors (Lipinski definition) is 2. The molecule has 0 aliphatic rings. The van der Waals surface area contributed by atoms with Crippen LogP contribution in [0.15, 0.2) is 0 Å². The first-order chi connectivity index (χ1) is 5.64. The second kappa shape index (κ2) is 3.51. The zero-order valence-corrected chi connectivity index (χ0v) is 7.05. The Morgan fingerprint density at radius 2 is 1.92 bits per heavy atom. The number of aliphatic hydroxyl groups is 1. The molecule has 78 valence electrons. The zero-order chi connectivity index (χ0) is 10.9. The quantitative estimate of drug-likeness (QED) is 0.607. The Bertz CT molecular complexity index is 202. The van der Waals surface area contributed by atoms with Crippen LogP contribution < -0.4 is 5.73 Å². The third-order valence-corrected chi connectivity index (χ3v) is 1.63. The molecule has 0 rings (SSSR count). The summed E-state index contributed by atoms with van der Waals surface area (Å²) in [6, 6.07) is -2.14. The van der Waals surface area contributed by atoms with Crippen molar-refractivity contribution in [3.05, 3.63) is 0 Å². The van der Waals surface area contributed by atoms with Crippen molar-refractivity contribution in [3.63, 3.8) is 0 Å². The standard InChI is InChI=1S/C6H10F3NO3/c1-5(12,6(7,8)9)3(10)4(11)13-2/h3,12H,10H2,1-2H3. The van der Waals surface area contributed by atoms with Gasteiger partial charge in [0.05, 0.1) is 7.11 Å². The predicted molar refractivity (Wildman–Crippen MR) is 36.7 cm³/mol. The molecule has 0 aliphatic carbocycles. The third kappa shape index (κ3) is 2.31. The van der Waals surface area contributed by atoms with E-state index in [1.54, 1.807) is 0 Å². The van der Waals surface area contributed by atoms with E-state index in [0.29, 0.717) is 6.92 Å². The minimum Gasteiger partial charge on any atom is -0.468 e. The molecule has 2 atom stereocenters. The van der Waals surface area contributed by atoms with Crippen LogP contribution in [0, 0.1) is 0 Å². The molecular formula is C6H10F3NO3. The molecule has 0 fully saturated rings. The van der Waals surface area contributed by atoms with E-state index in [1.165, 1.54) is 0 Å². The number of carbonyl (C=O) groups is 1. The molecule has 4 nitrogen and oxygen atoms in total.